The molecule has 154 valence electrons. The molecule has 0 spiro atoms. The van der Waals surface area contributed by atoms with Crippen LogP contribution in [0.4, 0.5) is 4.79 Å². The number of nitrogens with zero attached hydrogens (tertiary/aromatic N) is 2. The van der Waals surface area contributed by atoms with Crippen molar-refractivity contribution in [2.24, 2.45) is 0 Å². The van der Waals surface area contributed by atoms with Gasteiger partial charge in [0.1, 0.15) is 6.61 Å². The molecular weight excluding hydrogens is 380 g/mol. The first-order chi connectivity index (χ1) is 14.3. The van der Waals surface area contributed by atoms with Crippen LogP contribution >= 0.6 is 11.8 Å². The zero-order valence-corrected chi connectivity index (χ0v) is 17.8. The predicted molar refractivity (Wildman–Crippen MR) is 117 cm³/mol. The molecule has 2 fully saturated rings. The zero-order valence-electron chi connectivity index (χ0n) is 17.0. The second-order valence-corrected chi connectivity index (χ2v) is 9.37. The topological polar surface area (TPSA) is 42.4 Å². The number of aromatic nitrogens is 1. The van der Waals surface area contributed by atoms with Crippen molar-refractivity contribution in [1.82, 2.24) is 9.88 Å². The molecule has 2 aliphatic rings. The Kier molecular flexibility index (Phi) is 7.09. The summed E-state index contributed by atoms with van der Waals surface area (Å²) in [6.07, 6.45) is 11.5. The first kappa shape index (κ1) is 20.3. The third-order valence-corrected chi connectivity index (χ3v) is 7.21. The summed E-state index contributed by atoms with van der Waals surface area (Å²) in [6, 6.07) is 14.2. The fourth-order valence-electron chi connectivity index (χ4n) is 4.31. The van der Waals surface area contributed by atoms with Crippen molar-refractivity contribution < 1.29 is 9.53 Å². The molecule has 1 saturated carbocycles. The Bertz CT molecular complexity index is 775. The molecule has 29 heavy (non-hydrogen) atoms. The number of ether oxygens (including phenoxy) is 1. The molecule has 1 aromatic carbocycles. The van der Waals surface area contributed by atoms with E-state index in [2.05, 4.69) is 12.1 Å². The first-order valence-electron chi connectivity index (χ1n) is 10.9. The van der Waals surface area contributed by atoms with Gasteiger partial charge in [-0.05, 0) is 49.3 Å². The highest BCUT2D eigenvalue weighted by Crippen LogP contribution is 2.35. The molecule has 1 amide bonds. The largest absolute Gasteiger partial charge is 0.445 e. The van der Waals surface area contributed by atoms with Gasteiger partial charge in [0.05, 0.1) is 11.1 Å². The average molecular weight is 411 g/mol. The smallest absolute Gasteiger partial charge is 0.410 e. The summed E-state index contributed by atoms with van der Waals surface area (Å²) in [6.45, 7) is 1.06. The summed E-state index contributed by atoms with van der Waals surface area (Å²) in [5.74, 6) is 0. The maximum absolute atomic E-state index is 12.8. The molecule has 1 aliphatic carbocycles. The van der Waals surface area contributed by atoms with Gasteiger partial charge in [0.25, 0.3) is 0 Å². The third kappa shape index (κ3) is 5.53. The number of thioether (sulfide) groups is 1. The van der Waals surface area contributed by atoms with Crippen LogP contribution < -0.4 is 0 Å². The Morgan fingerprint density at radius 1 is 1.00 bits per heavy atom. The molecular formula is C24H30N2O2S. The summed E-state index contributed by atoms with van der Waals surface area (Å²) in [5, 5.41) is 1.82. The van der Waals surface area contributed by atoms with E-state index in [4.69, 9.17) is 9.72 Å². The molecule has 1 aromatic heterocycles. The zero-order chi connectivity index (χ0) is 19.9. The van der Waals surface area contributed by atoms with E-state index in [-0.39, 0.29) is 12.1 Å². The normalized spacial score (nSPS) is 20.4. The summed E-state index contributed by atoms with van der Waals surface area (Å²) >= 11 is 1.92. The first-order valence-corrected chi connectivity index (χ1v) is 11.8. The Morgan fingerprint density at radius 3 is 2.55 bits per heavy atom. The number of hydrogen-bond donors (Lipinski definition) is 0. The van der Waals surface area contributed by atoms with Crippen molar-refractivity contribution in [1.29, 1.82) is 0 Å². The lowest BCUT2D eigenvalue weighted by molar-refractivity contribution is 0.0678. The van der Waals surface area contributed by atoms with E-state index >= 15 is 0 Å². The van der Waals surface area contributed by atoms with Gasteiger partial charge in [-0.15, -0.1) is 11.8 Å². The number of pyridine rings is 1. The third-order valence-electron chi connectivity index (χ3n) is 5.93. The lowest BCUT2D eigenvalue weighted by Gasteiger charge is -2.35. The van der Waals surface area contributed by atoms with E-state index in [9.17, 15) is 4.79 Å². The number of piperidine rings is 1. The molecule has 1 saturated heterocycles. The molecule has 2 heterocycles. The van der Waals surface area contributed by atoms with Gasteiger partial charge in [0.2, 0.25) is 0 Å². The molecule has 4 rings (SSSR count). The lowest BCUT2D eigenvalue weighted by Crippen LogP contribution is -2.38. The van der Waals surface area contributed by atoms with Crippen molar-refractivity contribution in [2.45, 2.75) is 74.3 Å². The van der Waals surface area contributed by atoms with Crippen molar-refractivity contribution in [2.75, 3.05) is 6.54 Å². The molecule has 1 aliphatic heterocycles. The van der Waals surface area contributed by atoms with Gasteiger partial charge in [-0.1, -0.05) is 55.7 Å². The van der Waals surface area contributed by atoms with Crippen molar-refractivity contribution in [3.8, 4) is 0 Å². The van der Waals surface area contributed by atoms with Gasteiger partial charge in [-0.3, -0.25) is 0 Å². The van der Waals surface area contributed by atoms with E-state index in [1.54, 1.807) is 0 Å². The number of rotatable bonds is 5. The highest BCUT2D eigenvalue weighted by molar-refractivity contribution is 7.99. The summed E-state index contributed by atoms with van der Waals surface area (Å²) in [5.41, 5.74) is 2.13. The standard InChI is InChI=1S/C24H30N2O2S/c27-24(28-18-19-9-3-1-4-10-19)26-16-8-7-13-22(26)20-14-15-23(25-17-20)29-21-11-5-2-6-12-21/h1,3-4,9-10,14-15,17,21-22H,2,5-8,11-13,16,18H2. The van der Waals surface area contributed by atoms with Crippen LogP contribution in [0.3, 0.4) is 0 Å². The second-order valence-electron chi connectivity index (χ2n) is 8.05. The number of hydrogen-bond acceptors (Lipinski definition) is 4. The van der Waals surface area contributed by atoms with E-state index in [1.165, 1.54) is 32.1 Å². The number of benzene rings is 1. The number of carbonyl (C=O) groups excluding carboxylic acids is 1. The predicted octanol–water partition coefficient (Wildman–Crippen LogP) is 6.37. The molecule has 0 radical (unpaired) electrons. The van der Waals surface area contributed by atoms with Crippen molar-refractivity contribution in [3.63, 3.8) is 0 Å². The molecule has 4 nitrogen and oxygen atoms in total. The van der Waals surface area contributed by atoms with E-state index in [0.29, 0.717) is 11.9 Å². The molecule has 2 aromatic rings. The van der Waals surface area contributed by atoms with Crippen LogP contribution in [0.15, 0.2) is 53.7 Å². The lowest BCUT2D eigenvalue weighted by atomic mass is 9.97. The minimum Gasteiger partial charge on any atom is -0.445 e. The molecule has 5 heteroatoms. The Labute approximate surface area is 178 Å². The summed E-state index contributed by atoms with van der Waals surface area (Å²) < 4.78 is 5.61. The van der Waals surface area contributed by atoms with Crippen molar-refractivity contribution >= 4 is 17.9 Å². The van der Waals surface area contributed by atoms with E-state index in [1.807, 2.05) is 53.2 Å². The minimum absolute atomic E-state index is 0.0632. The van der Waals surface area contributed by atoms with Crippen LogP contribution in [0, 0.1) is 0 Å². The van der Waals surface area contributed by atoms with Crippen LogP contribution in [0.5, 0.6) is 0 Å². The Hall–Kier alpha value is -2.01. The van der Waals surface area contributed by atoms with Crippen LogP contribution in [-0.4, -0.2) is 27.8 Å². The molecule has 1 atom stereocenters. The van der Waals surface area contributed by atoms with Gasteiger partial charge < -0.3 is 9.64 Å². The number of carbonyl (C=O) groups is 1. The average Bonchev–Trinajstić information content (AvgIpc) is 2.79. The maximum Gasteiger partial charge on any atom is 0.410 e. The quantitative estimate of drug-likeness (QED) is 0.574. The SMILES string of the molecule is O=C(OCc1ccccc1)N1CCCCC1c1ccc(SC2CCCCC2)nc1. The second kappa shape index (κ2) is 10.1. The van der Waals surface area contributed by atoms with Gasteiger partial charge in [0.15, 0.2) is 0 Å². The van der Waals surface area contributed by atoms with Crippen LogP contribution in [-0.2, 0) is 11.3 Å². The van der Waals surface area contributed by atoms with E-state index < -0.39 is 0 Å². The highest BCUT2D eigenvalue weighted by atomic mass is 32.2. The molecule has 0 N–H and O–H groups in total. The fraction of sp³-hybridized carbons (Fsp3) is 0.500. The van der Waals surface area contributed by atoms with Crippen LogP contribution in [0.25, 0.3) is 0 Å². The minimum atomic E-state index is -0.223. The highest BCUT2D eigenvalue weighted by Gasteiger charge is 2.29. The summed E-state index contributed by atoms with van der Waals surface area (Å²) in [4.78, 5) is 19.4. The Morgan fingerprint density at radius 2 is 1.79 bits per heavy atom. The monoisotopic (exact) mass is 410 g/mol. The Balaban J connectivity index is 1.38. The molecule has 0 bridgehead atoms. The van der Waals surface area contributed by atoms with E-state index in [0.717, 1.165) is 42.0 Å². The molecule has 1 unspecified atom stereocenters. The van der Waals surface area contributed by atoms with Crippen LogP contribution in [0.1, 0.15) is 68.5 Å². The van der Waals surface area contributed by atoms with Gasteiger partial charge in [0, 0.05) is 18.0 Å². The summed E-state index contributed by atoms with van der Waals surface area (Å²) in [7, 11) is 0. The van der Waals surface area contributed by atoms with Gasteiger partial charge >= 0.3 is 6.09 Å². The fourth-order valence-corrected chi connectivity index (χ4v) is 5.48. The number of likely N-dealkylation sites (tertiary alicyclic amines) is 1. The van der Waals surface area contributed by atoms with Crippen LogP contribution in [0.2, 0.25) is 0 Å². The van der Waals surface area contributed by atoms with Gasteiger partial charge in [-0.25, -0.2) is 9.78 Å². The number of amides is 1. The maximum atomic E-state index is 12.8. The van der Waals surface area contributed by atoms with Crippen molar-refractivity contribution in [3.05, 3.63) is 59.8 Å². The van der Waals surface area contributed by atoms with Gasteiger partial charge in [-0.2, -0.15) is 0 Å².